The predicted octanol–water partition coefficient (Wildman–Crippen LogP) is 7.21. The van der Waals surface area contributed by atoms with Gasteiger partial charge < -0.3 is 14.5 Å². The molecule has 1 fully saturated rings. The van der Waals surface area contributed by atoms with Crippen molar-refractivity contribution in [3.05, 3.63) is 59.2 Å². The SMILES string of the molecule is Cc1ccccc1-c1cc(CN(C)CCC2CCCCC2)ccc1C(=O)NC(CCSC(F)F)C(=O)OCl. The maximum Gasteiger partial charge on any atom is 0.346 e. The standard InChI is InChI=1S/C29H37ClF2N2O3S/c1-20-8-6-7-11-23(20)25-18-22(19-34(2)16-14-21-9-4-3-5-10-21)12-13-24(25)27(35)33-26(28(36)37-30)15-17-38-29(31)32/h6-8,11-13,18,21,26,29H,3-5,9-10,14-17,19H2,1-2H3,(H,33,35). The lowest BCUT2D eigenvalue weighted by Crippen LogP contribution is -2.41. The fourth-order valence-corrected chi connectivity index (χ4v) is 5.73. The van der Waals surface area contributed by atoms with E-state index in [9.17, 15) is 18.4 Å². The van der Waals surface area contributed by atoms with Gasteiger partial charge in [0.25, 0.3) is 11.7 Å². The summed E-state index contributed by atoms with van der Waals surface area (Å²) >= 11 is 5.64. The average molecular weight is 567 g/mol. The first kappa shape index (κ1) is 30.4. The predicted molar refractivity (Wildman–Crippen MR) is 150 cm³/mol. The summed E-state index contributed by atoms with van der Waals surface area (Å²) in [4.78, 5) is 27.8. The molecule has 1 N–H and O–H groups in total. The minimum Gasteiger partial charge on any atom is -0.345 e. The number of carbonyl (C=O) groups excluding carboxylic acids is 2. The van der Waals surface area contributed by atoms with E-state index in [1.807, 2.05) is 43.3 Å². The topological polar surface area (TPSA) is 58.6 Å². The number of benzene rings is 2. The van der Waals surface area contributed by atoms with Crippen molar-refractivity contribution in [2.24, 2.45) is 5.92 Å². The highest BCUT2D eigenvalue weighted by molar-refractivity contribution is 7.99. The molecule has 208 valence electrons. The minimum atomic E-state index is -2.57. The van der Waals surface area contributed by atoms with Gasteiger partial charge in [-0.15, -0.1) is 0 Å². The van der Waals surface area contributed by atoms with Gasteiger partial charge in [-0.05, 0) is 73.7 Å². The van der Waals surface area contributed by atoms with Gasteiger partial charge in [0.2, 0.25) is 0 Å². The Morgan fingerprint density at radius 3 is 2.55 bits per heavy atom. The number of hydrogen-bond acceptors (Lipinski definition) is 5. The average Bonchev–Trinajstić information content (AvgIpc) is 2.91. The Morgan fingerprint density at radius 2 is 1.87 bits per heavy atom. The Hall–Kier alpha value is -2.16. The number of nitrogens with one attached hydrogen (secondary N) is 1. The Kier molecular flexibility index (Phi) is 12.3. The van der Waals surface area contributed by atoms with Crippen molar-refractivity contribution in [1.82, 2.24) is 10.2 Å². The van der Waals surface area contributed by atoms with Gasteiger partial charge in [0.15, 0.2) is 0 Å². The fraction of sp³-hybridized carbons (Fsp3) is 0.517. The van der Waals surface area contributed by atoms with Gasteiger partial charge in [-0.2, -0.15) is 8.78 Å². The molecule has 0 bridgehead atoms. The summed E-state index contributed by atoms with van der Waals surface area (Å²) in [6, 6.07) is 12.4. The quantitative estimate of drug-likeness (QED) is 0.278. The Bertz CT molecular complexity index is 1070. The van der Waals surface area contributed by atoms with Gasteiger partial charge in [-0.3, -0.25) is 4.79 Å². The zero-order valence-corrected chi connectivity index (χ0v) is 23.6. The minimum absolute atomic E-state index is 0.0319. The number of rotatable bonds is 13. The fourth-order valence-electron chi connectivity index (χ4n) is 5.07. The molecule has 1 aliphatic rings. The van der Waals surface area contributed by atoms with Crippen molar-refractivity contribution >= 4 is 35.5 Å². The van der Waals surface area contributed by atoms with E-state index < -0.39 is 23.7 Å². The number of thioether (sulfide) groups is 1. The third-order valence-corrected chi connectivity index (χ3v) is 8.05. The first-order valence-electron chi connectivity index (χ1n) is 13.2. The summed E-state index contributed by atoms with van der Waals surface area (Å²) in [6.45, 7) is 3.75. The zero-order valence-electron chi connectivity index (χ0n) is 22.1. The van der Waals surface area contributed by atoms with E-state index >= 15 is 0 Å². The largest absolute Gasteiger partial charge is 0.346 e. The van der Waals surface area contributed by atoms with Crippen LogP contribution in [0.3, 0.4) is 0 Å². The van der Waals surface area contributed by atoms with E-state index in [2.05, 4.69) is 21.6 Å². The first-order valence-corrected chi connectivity index (χ1v) is 14.5. The maximum atomic E-state index is 13.4. The number of halogens is 3. The van der Waals surface area contributed by atoms with Crippen LogP contribution in [0, 0.1) is 12.8 Å². The third-order valence-electron chi connectivity index (χ3n) is 7.18. The Balaban J connectivity index is 1.79. The van der Waals surface area contributed by atoms with Crippen LogP contribution < -0.4 is 5.32 Å². The van der Waals surface area contributed by atoms with E-state index in [-0.39, 0.29) is 12.2 Å². The molecule has 1 amide bonds. The van der Waals surface area contributed by atoms with Crippen LogP contribution in [0.15, 0.2) is 42.5 Å². The van der Waals surface area contributed by atoms with Crippen LogP contribution in [-0.4, -0.2) is 47.9 Å². The Labute approximate surface area is 233 Å². The second-order valence-corrected chi connectivity index (χ2v) is 11.3. The highest BCUT2D eigenvalue weighted by atomic mass is 35.5. The molecule has 2 aromatic rings. The summed E-state index contributed by atoms with van der Waals surface area (Å²) in [5.74, 6) is -3.17. The van der Waals surface area contributed by atoms with E-state index in [0.717, 1.165) is 41.3 Å². The van der Waals surface area contributed by atoms with E-state index in [1.54, 1.807) is 6.07 Å². The summed E-state index contributed by atoms with van der Waals surface area (Å²) in [5, 5.41) is 2.64. The summed E-state index contributed by atoms with van der Waals surface area (Å²) in [6.07, 6.45) is 7.86. The Morgan fingerprint density at radius 1 is 1.13 bits per heavy atom. The molecule has 5 nitrogen and oxygen atoms in total. The molecule has 0 aromatic heterocycles. The lowest BCUT2D eigenvalue weighted by Gasteiger charge is -2.25. The maximum absolute atomic E-state index is 13.4. The number of alkyl halides is 2. The second-order valence-electron chi connectivity index (χ2n) is 10.1. The summed E-state index contributed by atoms with van der Waals surface area (Å²) < 4.78 is 29.4. The number of hydrogen-bond donors (Lipinski definition) is 1. The lowest BCUT2D eigenvalue weighted by atomic mass is 9.87. The van der Waals surface area contributed by atoms with Crippen LogP contribution in [0.25, 0.3) is 11.1 Å². The molecule has 0 saturated heterocycles. The number of carbonyl (C=O) groups is 2. The molecule has 9 heteroatoms. The van der Waals surface area contributed by atoms with Crippen LogP contribution in [-0.2, 0) is 15.6 Å². The third kappa shape index (κ3) is 9.24. The first-order chi connectivity index (χ1) is 18.3. The van der Waals surface area contributed by atoms with E-state index in [1.165, 1.54) is 38.5 Å². The van der Waals surface area contributed by atoms with E-state index in [4.69, 9.17) is 11.9 Å². The molecule has 0 heterocycles. The summed E-state index contributed by atoms with van der Waals surface area (Å²) in [7, 11) is 2.12. The van der Waals surface area contributed by atoms with Crippen molar-refractivity contribution in [2.45, 2.75) is 70.2 Å². The molecule has 1 saturated carbocycles. The molecule has 38 heavy (non-hydrogen) atoms. The molecule has 1 unspecified atom stereocenters. The highest BCUT2D eigenvalue weighted by Crippen LogP contribution is 2.30. The van der Waals surface area contributed by atoms with Crippen LogP contribution in [0.5, 0.6) is 0 Å². The van der Waals surface area contributed by atoms with E-state index in [0.29, 0.717) is 17.3 Å². The molecule has 1 atom stereocenters. The van der Waals surface area contributed by atoms with Crippen LogP contribution in [0.1, 0.15) is 66.4 Å². The molecule has 2 aromatic carbocycles. The van der Waals surface area contributed by atoms with Gasteiger partial charge in [0.1, 0.15) is 17.9 Å². The van der Waals surface area contributed by atoms with Crippen molar-refractivity contribution in [3.8, 4) is 11.1 Å². The number of amides is 1. The molecule has 0 aliphatic heterocycles. The molecule has 1 aliphatic carbocycles. The molecule has 0 radical (unpaired) electrons. The lowest BCUT2D eigenvalue weighted by molar-refractivity contribution is -0.136. The van der Waals surface area contributed by atoms with Crippen LogP contribution in [0.2, 0.25) is 0 Å². The molecule has 3 rings (SSSR count). The smallest absolute Gasteiger partial charge is 0.345 e. The number of aryl methyl sites for hydroxylation is 1. The monoisotopic (exact) mass is 566 g/mol. The summed E-state index contributed by atoms with van der Waals surface area (Å²) in [5.41, 5.74) is 4.14. The van der Waals surface area contributed by atoms with Crippen LogP contribution in [0.4, 0.5) is 8.78 Å². The van der Waals surface area contributed by atoms with Crippen molar-refractivity contribution in [1.29, 1.82) is 0 Å². The normalized spacial score (nSPS) is 15.0. The van der Waals surface area contributed by atoms with Gasteiger partial charge in [-0.1, -0.05) is 74.2 Å². The molecule has 0 spiro atoms. The van der Waals surface area contributed by atoms with Crippen molar-refractivity contribution in [3.63, 3.8) is 0 Å². The molecular formula is C29H37ClF2N2O3S. The number of nitrogens with zero attached hydrogens (tertiary/aromatic N) is 1. The van der Waals surface area contributed by atoms with Gasteiger partial charge in [0.05, 0.1) is 0 Å². The van der Waals surface area contributed by atoms with Crippen molar-refractivity contribution in [2.75, 3.05) is 19.3 Å². The molecular weight excluding hydrogens is 530 g/mol. The zero-order chi connectivity index (χ0) is 27.5. The van der Waals surface area contributed by atoms with Gasteiger partial charge in [-0.25, -0.2) is 4.79 Å². The van der Waals surface area contributed by atoms with Crippen LogP contribution >= 0.6 is 23.6 Å². The second kappa shape index (κ2) is 15.4. The van der Waals surface area contributed by atoms with Gasteiger partial charge >= 0.3 is 5.97 Å². The highest BCUT2D eigenvalue weighted by Gasteiger charge is 2.25. The van der Waals surface area contributed by atoms with Crippen molar-refractivity contribution < 1.29 is 22.7 Å². The van der Waals surface area contributed by atoms with Gasteiger partial charge in [0, 0.05) is 17.9 Å².